The Hall–Kier alpha value is 0.881. The number of aliphatic hydroxyl groups is 1. The third-order valence-corrected chi connectivity index (χ3v) is 24.4. The molecule has 2 fully saturated rings. The predicted octanol–water partition coefficient (Wildman–Crippen LogP) is 8.80. The topological polar surface area (TPSA) is 66.4 Å². The molecule has 0 aromatic rings. The van der Waals surface area contributed by atoms with Gasteiger partial charge in [-0.2, -0.15) is 0 Å². The summed E-state index contributed by atoms with van der Waals surface area (Å²) in [6.07, 6.45) is 2.94. The van der Waals surface area contributed by atoms with Crippen molar-refractivity contribution in [2.45, 2.75) is 179 Å². The summed E-state index contributed by atoms with van der Waals surface area (Å²) in [5.41, 5.74) is 0. The quantitative estimate of drug-likeness (QED) is 0.178. The number of fused-ring (bicyclic) bond motifs is 1. The molecule has 3 unspecified atom stereocenters. The van der Waals surface area contributed by atoms with Gasteiger partial charge >= 0.3 is 0 Å². The molecule has 242 valence electrons. The van der Waals surface area contributed by atoms with Gasteiger partial charge in [-0.15, -0.1) is 0 Å². The van der Waals surface area contributed by atoms with Crippen LogP contribution < -0.4 is 0 Å². The first kappa shape index (κ1) is 38.1. The molecule has 41 heavy (non-hydrogen) atoms. The zero-order chi connectivity index (χ0) is 31.8. The molecule has 2 aliphatic rings. The average molecular weight is 743 g/mol. The maximum Gasteiger partial charge on any atom is 0.193 e. The Morgan fingerprint density at radius 2 is 1.27 bits per heavy atom. The number of ether oxygens (including phenoxy) is 2. The fourth-order valence-corrected chi connectivity index (χ4v) is 8.97. The molecule has 0 amide bonds. The van der Waals surface area contributed by atoms with Crippen molar-refractivity contribution >= 4 is 47.5 Å². The first-order valence-corrected chi connectivity index (χ1v) is 25.6. The van der Waals surface area contributed by atoms with Crippen molar-refractivity contribution in [1.29, 1.82) is 0 Å². The number of rotatable bonds is 10. The molecule has 2 heterocycles. The van der Waals surface area contributed by atoms with E-state index in [-0.39, 0.29) is 64.4 Å². The number of hydrogen-bond acceptors (Lipinski definition) is 6. The predicted molar refractivity (Wildman–Crippen MR) is 188 cm³/mol. The first-order chi connectivity index (χ1) is 18.4. The van der Waals surface area contributed by atoms with Crippen LogP contribution >= 0.6 is 22.6 Å². The van der Waals surface area contributed by atoms with Crippen molar-refractivity contribution in [1.82, 2.24) is 0 Å². The molecular formula is C31H63IO6Si3. The smallest absolute Gasteiger partial charge is 0.193 e. The van der Waals surface area contributed by atoms with Crippen molar-refractivity contribution in [2.75, 3.05) is 6.61 Å². The summed E-state index contributed by atoms with van der Waals surface area (Å²) in [5.74, 6) is 0. The van der Waals surface area contributed by atoms with Crippen molar-refractivity contribution in [2.24, 2.45) is 0 Å². The zero-order valence-corrected chi connectivity index (χ0v) is 34.0. The highest BCUT2D eigenvalue weighted by atomic mass is 127. The third-order valence-electron chi connectivity index (χ3n) is 10.5. The van der Waals surface area contributed by atoms with Gasteiger partial charge in [0.05, 0.1) is 18.3 Å². The summed E-state index contributed by atoms with van der Waals surface area (Å²) in [6.45, 7) is 34.6. The molecule has 0 saturated carbocycles. The van der Waals surface area contributed by atoms with Crippen LogP contribution in [0.25, 0.3) is 0 Å². The molecule has 0 radical (unpaired) electrons. The molecule has 2 saturated heterocycles. The van der Waals surface area contributed by atoms with E-state index in [1.807, 2.05) is 0 Å². The van der Waals surface area contributed by atoms with E-state index in [2.05, 4.69) is 134 Å². The second-order valence-electron chi connectivity index (χ2n) is 16.8. The number of hydrogen-bond donors (Lipinski definition) is 1. The Morgan fingerprint density at radius 1 is 0.780 bits per heavy atom. The first-order valence-electron chi connectivity index (χ1n) is 15.6. The summed E-state index contributed by atoms with van der Waals surface area (Å²) in [4.78, 5) is 0. The highest BCUT2D eigenvalue weighted by Gasteiger charge is 2.57. The van der Waals surface area contributed by atoms with Crippen LogP contribution in [-0.2, 0) is 22.8 Å². The number of halogens is 1. The highest BCUT2D eigenvalue weighted by Crippen LogP contribution is 2.47. The van der Waals surface area contributed by atoms with Gasteiger partial charge in [-0.3, -0.25) is 0 Å². The summed E-state index contributed by atoms with van der Waals surface area (Å²) >= 11 is 2.30. The summed E-state index contributed by atoms with van der Waals surface area (Å²) in [7, 11) is -6.64. The van der Waals surface area contributed by atoms with Gasteiger partial charge in [-0.05, 0) is 83.8 Å². The van der Waals surface area contributed by atoms with Gasteiger partial charge in [0, 0.05) is 6.61 Å². The maximum absolute atomic E-state index is 9.74. The molecule has 0 bridgehead atoms. The standard InChI is InChI=1S/C31H63IO6Si3/c1-29(2,3)39(10,11)36-24(18-20-32)26-28(38-41(14,15)31(7,8)9)27(37-40(12,13)30(4,5)6)25-23(35-26)17-16-22(34-25)19-21-33/h18,20,22-28,33H,16-17,19,21H2,1-15H3/b20-18+/t22-,23?,24?,25+,26+,27?,28-/m1/s1. The molecule has 0 aliphatic carbocycles. The monoisotopic (exact) mass is 742 g/mol. The lowest BCUT2D eigenvalue weighted by molar-refractivity contribution is -0.267. The van der Waals surface area contributed by atoms with Crippen molar-refractivity contribution in [3.8, 4) is 0 Å². The van der Waals surface area contributed by atoms with E-state index in [0.717, 1.165) is 12.8 Å². The van der Waals surface area contributed by atoms with Crippen molar-refractivity contribution in [3.05, 3.63) is 10.2 Å². The zero-order valence-electron chi connectivity index (χ0n) is 28.9. The lowest BCUT2D eigenvalue weighted by atomic mass is 9.87. The molecular weight excluding hydrogens is 679 g/mol. The lowest BCUT2D eigenvalue weighted by Gasteiger charge is -2.56. The van der Waals surface area contributed by atoms with Gasteiger partial charge in [0.1, 0.15) is 24.4 Å². The van der Waals surface area contributed by atoms with E-state index >= 15 is 0 Å². The van der Waals surface area contributed by atoms with E-state index in [4.69, 9.17) is 22.8 Å². The molecule has 6 nitrogen and oxygen atoms in total. The minimum absolute atomic E-state index is 0.00560. The Labute approximate surface area is 269 Å². The van der Waals surface area contributed by atoms with Gasteiger partial charge in [0.25, 0.3) is 0 Å². The fourth-order valence-electron chi connectivity index (χ4n) is 4.71. The van der Waals surface area contributed by atoms with E-state index in [0.29, 0.717) is 6.42 Å². The summed E-state index contributed by atoms with van der Waals surface area (Å²) in [6, 6.07) is 0. The lowest BCUT2D eigenvalue weighted by Crippen LogP contribution is -2.69. The minimum Gasteiger partial charge on any atom is -0.408 e. The van der Waals surface area contributed by atoms with Crippen LogP contribution in [0.2, 0.25) is 54.4 Å². The molecule has 2 aliphatic heterocycles. The summed E-state index contributed by atoms with van der Waals surface area (Å²) < 4.78 is 37.8. The molecule has 10 heteroatoms. The van der Waals surface area contributed by atoms with Gasteiger partial charge in [-0.1, -0.05) is 84.9 Å². The molecule has 0 spiro atoms. The molecule has 0 aromatic heterocycles. The number of aliphatic hydroxyl groups excluding tert-OH is 1. The minimum atomic E-state index is -2.26. The Bertz CT molecular complexity index is 875. The highest BCUT2D eigenvalue weighted by molar-refractivity contribution is 14.1. The van der Waals surface area contributed by atoms with E-state index in [1.54, 1.807) is 0 Å². The van der Waals surface area contributed by atoms with Crippen molar-refractivity contribution < 1.29 is 27.9 Å². The van der Waals surface area contributed by atoms with Gasteiger partial charge < -0.3 is 27.9 Å². The Balaban J connectivity index is 2.72. The SMILES string of the molecule is CC(C)(C)[Si](C)(C)OC(/C=C/I)[C@@H]1OC2CC[C@H](CCO)O[C@@H]2C(O[Si](C)(C)C(C)(C)C)[C@@H]1O[Si](C)(C)C(C)(C)C. The maximum atomic E-state index is 9.74. The van der Waals surface area contributed by atoms with Crippen LogP contribution in [0.15, 0.2) is 10.2 Å². The van der Waals surface area contributed by atoms with E-state index < -0.39 is 25.0 Å². The summed E-state index contributed by atoms with van der Waals surface area (Å²) in [5, 5.41) is 9.83. The largest absolute Gasteiger partial charge is 0.408 e. The molecule has 0 aromatic carbocycles. The molecule has 2 rings (SSSR count). The van der Waals surface area contributed by atoms with E-state index in [1.165, 1.54) is 0 Å². The Morgan fingerprint density at radius 3 is 1.71 bits per heavy atom. The second kappa shape index (κ2) is 13.7. The van der Waals surface area contributed by atoms with Crippen LogP contribution in [0.3, 0.4) is 0 Å². The van der Waals surface area contributed by atoms with Crippen LogP contribution in [-0.4, -0.2) is 79.4 Å². The van der Waals surface area contributed by atoms with Crippen LogP contribution in [0.4, 0.5) is 0 Å². The second-order valence-corrected chi connectivity index (χ2v) is 31.8. The Kier molecular flexibility index (Phi) is 12.7. The van der Waals surface area contributed by atoms with Crippen LogP contribution in [0, 0.1) is 0 Å². The van der Waals surface area contributed by atoms with Crippen LogP contribution in [0.1, 0.15) is 81.6 Å². The third kappa shape index (κ3) is 9.22. The normalized spacial score (nSPS) is 30.0. The fraction of sp³-hybridized carbons (Fsp3) is 0.935. The van der Waals surface area contributed by atoms with Crippen molar-refractivity contribution in [3.63, 3.8) is 0 Å². The van der Waals surface area contributed by atoms with Crippen LogP contribution in [0.5, 0.6) is 0 Å². The average Bonchev–Trinajstić information content (AvgIpc) is 2.78. The van der Waals surface area contributed by atoms with Gasteiger partial charge in [0.2, 0.25) is 0 Å². The molecule has 1 N–H and O–H groups in total. The molecule has 7 atom stereocenters. The van der Waals surface area contributed by atoms with E-state index in [9.17, 15) is 5.11 Å². The van der Waals surface area contributed by atoms with Gasteiger partial charge in [0.15, 0.2) is 25.0 Å². The van der Waals surface area contributed by atoms with Gasteiger partial charge in [-0.25, -0.2) is 0 Å².